The van der Waals surface area contributed by atoms with Gasteiger partial charge in [0, 0.05) is 38.9 Å². The Morgan fingerprint density at radius 2 is 2.42 bits per heavy atom. The summed E-state index contributed by atoms with van der Waals surface area (Å²) in [7, 11) is -2.08. The minimum atomic E-state index is -3.62. The number of nitrogens with one attached hydrogen (secondary N) is 1. The van der Waals surface area contributed by atoms with Crippen molar-refractivity contribution < 1.29 is 17.9 Å². The summed E-state index contributed by atoms with van der Waals surface area (Å²) in [6, 6.07) is 2.70. The van der Waals surface area contributed by atoms with Gasteiger partial charge in [0.2, 0.25) is 10.0 Å². The van der Waals surface area contributed by atoms with Crippen molar-refractivity contribution in [3.63, 3.8) is 0 Å². The predicted molar refractivity (Wildman–Crippen MR) is 69.0 cm³/mol. The summed E-state index contributed by atoms with van der Waals surface area (Å²) in [6.07, 6.45) is 2.01. The maximum absolute atomic E-state index is 12.1. The Hall–Kier alpha value is -1.22. The number of nitrogen functional groups attached to an aromatic ring is 1. The van der Waals surface area contributed by atoms with Gasteiger partial charge >= 0.3 is 0 Å². The van der Waals surface area contributed by atoms with Crippen molar-refractivity contribution in [1.29, 1.82) is 0 Å². The summed E-state index contributed by atoms with van der Waals surface area (Å²) in [5.41, 5.74) is 4.89. The molecule has 0 amide bonds. The molecule has 3 N–H and O–H groups in total. The molecular formula is C11H17N3O4S. The van der Waals surface area contributed by atoms with Crippen LogP contribution in [-0.2, 0) is 19.5 Å². The number of sulfonamides is 1. The molecule has 1 aromatic heterocycles. The molecule has 19 heavy (non-hydrogen) atoms. The molecule has 8 heteroatoms. The van der Waals surface area contributed by atoms with Crippen molar-refractivity contribution in [3.05, 3.63) is 18.3 Å². The van der Waals surface area contributed by atoms with Crippen LogP contribution in [0.4, 0.5) is 5.82 Å². The molecule has 0 aromatic carbocycles. The number of nitrogens with zero attached hydrogens (tertiary/aromatic N) is 1. The molecule has 0 saturated carbocycles. The molecule has 1 aromatic rings. The van der Waals surface area contributed by atoms with Crippen molar-refractivity contribution in [3.8, 4) is 0 Å². The zero-order chi connectivity index (χ0) is 13.9. The number of anilines is 1. The van der Waals surface area contributed by atoms with E-state index in [0.29, 0.717) is 19.6 Å². The Kier molecular flexibility index (Phi) is 4.04. The molecule has 7 nitrogen and oxygen atoms in total. The highest BCUT2D eigenvalue weighted by Crippen LogP contribution is 2.22. The van der Waals surface area contributed by atoms with Gasteiger partial charge in [0.25, 0.3) is 0 Å². The molecule has 2 rings (SSSR count). The van der Waals surface area contributed by atoms with Gasteiger partial charge in [-0.05, 0) is 6.07 Å². The summed E-state index contributed by atoms with van der Waals surface area (Å²) in [4.78, 5) is 3.85. The Labute approximate surface area is 112 Å². The summed E-state index contributed by atoms with van der Waals surface area (Å²) in [5.74, 6) is 0.161. The van der Waals surface area contributed by atoms with Crippen molar-refractivity contribution >= 4 is 15.8 Å². The van der Waals surface area contributed by atoms with E-state index in [9.17, 15) is 8.42 Å². The zero-order valence-electron chi connectivity index (χ0n) is 10.6. The van der Waals surface area contributed by atoms with E-state index in [-0.39, 0.29) is 17.3 Å². The smallest absolute Gasteiger partial charge is 0.240 e. The van der Waals surface area contributed by atoms with E-state index in [0.717, 1.165) is 0 Å². The highest BCUT2D eigenvalue weighted by atomic mass is 32.2. The normalized spacial score (nSPS) is 23.6. The van der Waals surface area contributed by atoms with Gasteiger partial charge in [0.15, 0.2) is 0 Å². The molecule has 0 spiro atoms. The second kappa shape index (κ2) is 5.41. The van der Waals surface area contributed by atoms with Crippen LogP contribution in [0.25, 0.3) is 0 Å². The first kappa shape index (κ1) is 14.2. The summed E-state index contributed by atoms with van der Waals surface area (Å²) in [6.45, 7) is 1.11. The lowest BCUT2D eigenvalue weighted by Crippen LogP contribution is -2.44. The number of hydrogen-bond donors (Lipinski definition) is 2. The van der Waals surface area contributed by atoms with Crippen LogP contribution < -0.4 is 10.5 Å². The fraction of sp³-hybridized carbons (Fsp3) is 0.545. The Bertz CT molecular complexity index is 541. The van der Waals surface area contributed by atoms with Crippen LogP contribution in [-0.4, -0.2) is 45.9 Å². The molecule has 0 radical (unpaired) electrons. The van der Waals surface area contributed by atoms with Gasteiger partial charge in [-0.2, -0.15) is 0 Å². The van der Waals surface area contributed by atoms with Gasteiger partial charge in [-0.25, -0.2) is 18.1 Å². The number of ether oxygens (including phenoxy) is 2. The first-order valence-electron chi connectivity index (χ1n) is 5.82. The van der Waals surface area contributed by atoms with Crippen molar-refractivity contribution in [2.75, 3.05) is 32.6 Å². The third-order valence-corrected chi connectivity index (χ3v) is 4.55. The number of nitrogens with two attached hydrogens (primary N) is 1. The largest absolute Gasteiger partial charge is 0.384 e. The molecule has 0 aliphatic carbocycles. The summed E-state index contributed by atoms with van der Waals surface area (Å²) in [5, 5.41) is 0. The average Bonchev–Trinajstić information content (AvgIpc) is 2.86. The van der Waals surface area contributed by atoms with Crippen molar-refractivity contribution in [2.45, 2.75) is 16.9 Å². The number of pyridine rings is 1. The van der Waals surface area contributed by atoms with Gasteiger partial charge < -0.3 is 15.2 Å². The Morgan fingerprint density at radius 3 is 3.00 bits per heavy atom. The lowest BCUT2D eigenvalue weighted by Gasteiger charge is -2.25. The number of aromatic nitrogens is 1. The highest BCUT2D eigenvalue weighted by molar-refractivity contribution is 7.89. The molecule has 1 saturated heterocycles. The maximum Gasteiger partial charge on any atom is 0.240 e. The second-order valence-electron chi connectivity index (χ2n) is 4.43. The predicted octanol–water partition coefficient (Wildman–Crippen LogP) is -0.252. The summed E-state index contributed by atoms with van der Waals surface area (Å²) < 4.78 is 37.4. The highest BCUT2D eigenvalue weighted by Gasteiger charge is 2.36. The number of methoxy groups -OCH3 is 1. The van der Waals surface area contributed by atoms with Crippen LogP contribution in [0.2, 0.25) is 0 Å². The first-order chi connectivity index (χ1) is 8.97. The fourth-order valence-corrected chi connectivity index (χ4v) is 3.00. The molecule has 1 aliphatic heterocycles. The molecule has 2 heterocycles. The van der Waals surface area contributed by atoms with Gasteiger partial charge in [-0.3, -0.25) is 0 Å². The average molecular weight is 287 g/mol. The van der Waals surface area contributed by atoms with Crippen molar-refractivity contribution in [2.24, 2.45) is 0 Å². The van der Waals surface area contributed by atoms with E-state index >= 15 is 0 Å². The molecule has 1 atom stereocenters. The van der Waals surface area contributed by atoms with Gasteiger partial charge in [0.1, 0.15) is 11.4 Å². The standard InChI is InChI=1S/C11H17N3O4S/c1-17-11(3-5-18-8-11)7-14-19(15,16)9-2-4-13-10(12)6-9/h2,4,6,14H,3,5,7-8H2,1H3,(H2,12,13). The molecule has 1 aliphatic rings. The van der Waals surface area contributed by atoms with E-state index in [1.54, 1.807) is 7.11 Å². The van der Waals surface area contributed by atoms with Crippen LogP contribution >= 0.6 is 0 Å². The molecular weight excluding hydrogens is 270 g/mol. The van der Waals surface area contributed by atoms with Crippen LogP contribution in [0.15, 0.2) is 23.2 Å². The van der Waals surface area contributed by atoms with E-state index in [1.165, 1.54) is 18.3 Å². The summed E-state index contributed by atoms with van der Waals surface area (Å²) >= 11 is 0. The second-order valence-corrected chi connectivity index (χ2v) is 6.20. The number of rotatable bonds is 5. The molecule has 1 unspecified atom stereocenters. The van der Waals surface area contributed by atoms with E-state index < -0.39 is 15.6 Å². The van der Waals surface area contributed by atoms with E-state index in [1.807, 2.05) is 0 Å². The van der Waals surface area contributed by atoms with Crippen molar-refractivity contribution in [1.82, 2.24) is 9.71 Å². The van der Waals surface area contributed by atoms with Crippen LogP contribution in [0.5, 0.6) is 0 Å². The first-order valence-corrected chi connectivity index (χ1v) is 7.30. The minimum Gasteiger partial charge on any atom is -0.384 e. The van der Waals surface area contributed by atoms with E-state index in [4.69, 9.17) is 15.2 Å². The van der Waals surface area contributed by atoms with Crippen LogP contribution in [0.1, 0.15) is 6.42 Å². The third-order valence-electron chi connectivity index (χ3n) is 3.15. The topological polar surface area (TPSA) is 104 Å². The third kappa shape index (κ3) is 3.21. The lowest BCUT2D eigenvalue weighted by molar-refractivity contribution is -0.0120. The van der Waals surface area contributed by atoms with Gasteiger partial charge in [-0.1, -0.05) is 0 Å². The molecule has 0 bridgehead atoms. The van der Waals surface area contributed by atoms with E-state index in [2.05, 4.69) is 9.71 Å². The van der Waals surface area contributed by atoms with Gasteiger partial charge in [0.05, 0.1) is 11.5 Å². The van der Waals surface area contributed by atoms with Gasteiger partial charge in [-0.15, -0.1) is 0 Å². The molecule has 106 valence electrons. The Morgan fingerprint density at radius 1 is 1.63 bits per heavy atom. The molecule has 1 fully saturated rings. The SMILES string of the molecule is COC1(CNS(=O)(=O)c2ccnc(N)c2)CCOC1. The zero-order valence-corrected chi connectivity index (χ0v) is 11.4. The van der Waals surface area contributed by atoms with Crippen LogP contribution in [0.3, 0.4) is 0 Å². The Balaban J connectivity index is 2.09. The van der Waals surface area contributed by atoms with Crippen LogP contribution in [0, 0.1) is 0 Å². The maximum atomic E-state index is 12.1. The lowest BCUT2D eigenvalue weighted by atomic mass is 10.0. The monoisotopic (exact) mass is 287 g/mol. The minimum absolute atomic E-state index is 0.0881. The fourth-order valence-electron chi connectivity index (χ4n) is 1.87. The number of hydrogen-bond acceptors (Lipinski definition) is 6. The quantitative estimate of drug-likeness (QED) is 0.774.